The van der Waals surface area contributed by atoms with Gasteiger partial charge in [0.15, 0.2) is 0 Å². The Kier molecular flexibility index (Phi) is 40.8. The highest BCUT2D eigenvalue weighted by Gasteiger charge is 2.24. The number of amides is 1. The van der Waals surface area contributed by atoms with E-state index in [9.17, 15) is 19.8 Å². The molecular weight excluding hydrogens is 683 g/mol. The fourth-order valence-electron chi connectivity index (χ4n) is 6.68. The van der Waals surface area contributed by atoms with E-state index in [0.717, 1.165) is 83.5 Å². The highest BCUT2D eigenvalue weighted by Crippen LogP contribution is 2.16. The monoisotopic (exact) mass is 770 g/mol. The molecule has 0 rings (SSSR count). The largest absolute Gasteiger partial charge is 0.462 e. The highest BCUT2D eigenvalue weighted by molar-refractivity contribution is 5.77. The number of aliphatic hydroxyl groups excluding tert-OH is 2. The third-order valence-corrected chi connectivity index (χ3v) is 10.2. The molecule has 0 heterocycles. The number of hydrogen-bond donors (Lipinski definition) is 3. The highest BCUT2D eigenvalue weighted by atomic mass is 16.5. The molecule has 6 nitrogen and oxygen atoms in total. The minimum atomic E-state index is -0.797. The molecule has 3 N–H and O–H groups in total. The first-order chi connectivity index (χ1) is 27.0. The fraction of sp³-hybridized carbons (Fsp3) is 0.755. The Morgan fingerprint density at radius 3 is 1.58 bits per heavy atom. The maximum absolute atomic E-state index is 13.1. The van der Waals surface area contributed by atoms with Crippen LogP contribution < -0.4 is 5.32 Å². The van der Waals surface area contributed by atoms with Gasteiger partial charge in [-0.05, 0) is 64.2 Å². The van der Waals surface area contributed by atoms with Crippen LogP contribution in [-0.2, 0) is 14.3 Å². The number of allylic oxidation sites excluding steroid dienone is 10. The van der Waals surface area contributed by atoms with Crippen LogP contribution in [0.3, 0.4) is 0 Å². The van der Waals surface area contributed by atoms with E-state index in [1.165, 1.54) is 83.5 Å². The van der Waals surface area contributed by atoms with Crippen LogP contribution in [0.1, 0.15) is 213 Å². The summed E-state index contributed by atoms with van der Waals surface area (Å²) in [7, 11) is 0. The lowest BCUT2D eigenvalue weighted by Crippen LogP contribution is -2.46. The van der Waals surface area contributed by atoms with Crippen LogP contribution in [0.2, 0.25) is 0 Å². The van der Waals surface area contributed by atoms with Crippen LogP contribution in [-0.4, -0.2) is 46.9 Å². The minimum Gasteiger partial charge on any atom is -0.462 e. The molecule has 3 unspecified atom stereocenters. The molecule has 0 aliphatic heterocycles. The van der Waals surface area contributed by atoms with E-state index >= 15 is 0 Å². The molecular formula is C49H87NO5. The minimum absolute atomic E-state index is 0.0453. The smallest absolute Gasteiger partial charge is 0.306 e. The quantitative estimate of drug-likeness (QED) is 0.0250. The molecule has 0 saturated heterocycles. The fourth-order valence-corrected chi connectivity index (χ4v) is 6.68. The predicted octanol–water partition coefficient (Wildman–Crippen LogP) is 13.3. The van der Waals surface area contributed by atoms with Gasteiger partial charge in [0.2, 0.25) is 5.91 Å². The summed E-state index contributed by atoms with van der Waals surface area (Å²) in [4.78, 5) is 26.0. The summed E-state index contributed by atoms with van der Waals surface area (Å²) in [6, 6.07) is -0.713. The van der Waals surface area contributed by atoms with Crippen LogP contribution in [0, 0.1) is 0 Å². The van der Waals surface area contributed by atoms with E-state index in [0.29, 0.717) is 19.3 Å². The summed E-state index contributed by atoms with van der Waals surface area (Å²) in [5, 5.41) is 23.6. The number of aliphatic hydroxyl groups is 2. The average molecular weight is 770 g/mol. The number of unbranched alkanes of at least 4 members (excludes halogenated alkanes) is 21. The van der Waals surface area contributed by atoms with E-state index in [4.69, 9.17) is 4.74 Å². The SMILES string of the molecule is CC/C=C/C=C/C=C/C=C\CCCCCCCC(=O)OC(CCC/C=C\CCCCCCCCC)CC(=O)NC(CO)C(O)CCCCCCCCCCC. The van der Waals surface area contributed by atoms with Gasteiger partial charge in [0, 0.05) is 6.42 Å². The van der Waals surface area contributed by atoms with Crippen molar-refractivity contribution in [2.24, 2.45) is 0 Å². The molecule has 0 spiro atoms. The summed E-state index contributed by atoms with van der Waals surface area (Å²) in [6.07, 6.45) is 51.4. The van der Waals surface area contributed by atoms with Crippen molar-refractivity contribution in [3.8, 4) is 0 Å². The van der Waals surface area contributed by atoms with E-state index in [1.807, 2.05) is 18.2 Å². The van der Waals surface area contributed by atoms with Crippen LogP contribution in [0.4, 0.5) is 0 Å². The number of esters is 1. The molecule has 1 amide bonds. The number of carbonyl (C=O) groups is 2. The molecule has 0 saturated carbocycles. The number of ether oxygens (including phenoxy) is 1. The van der Waals surface area contributed by atoms with E-state index < -0.39 is 18.2 Å². The van der Waals surface area contributed by atoms with Crippen LogP contribution in [0.5, 0.6) is 0 Å². The molecule has 0 radical (unpaired) electrons. The molecule has 0 bridgehead atoms. The first kappa shape index (κ1) is 52.6. The summed E-state index contributed by atoms with van der Waals surface area (Å²) in [5.41, 5.74) is 0. The van der Waals surface area contributed by atoms with Gasteiger partial charge < -0.3 is 20.3 Å². The van der Waals surface area contributed by atoms with Gasteiger partial charge in [0.05, 0.1) is 25.2 Å². The number of carbonyl (C=O) groups excluding carboxylic acids is 2. The van der Waals surface area contributed by atoms with Crippen LogP contribution >= 0.6 is 0 Å². The van der Waals surface area contributed by atoms with Crippen LogP contribution in [0.25, 0.3) is 0 Å². The summed E-state index contributed by atoms with van der Waals surface area (Å²) in [6.45, 7) is 6.29. The lowest BCUT2D eigenvalue weighted by atomic mass is 10.0. The van der Waals surface area contributed by atoms with Gasteiger partial charge in [-0.3, -0.25) is 9.59 Å². The molecule has 0 aliphatic carbocycles. The molecule has 6 heteroatoms. The topological polar surface area (TPSA) is 95.9 Å². The second kappa shape index (κ2) is 42.7. The normalized spacial score (nSPS) is 13.9. The Labute approximate surface area is 339 Å². The van der Waals surface area contributed by atoms with Gasteiger partial charge in [0.1, 0.15) is 6.10 Å². The van der Waals surface area contributed by atoms with E-state index in [1.54, 1.807) is 0 Å². The lowest BCUT2D eigenvalue weighted by molar-refractivity contribution is -0.151. The summed E-state index contributed by atoms with van der Waals surface area (Å²) < 4.78 is 5.88. The Morgan fingerprint density at radius 1 is 0.545 bits per heavy atom. The summed E-state index contributed by atoms with van der Waals surface area (Å²) >= 11 is 0. The van der Waals surface area contributed by atoms with E-state index in [-0.39, 0.29) is 24.9 Å². The molecule has 0 aromatic carbocycles. The molecule has 318 valence electrons. The third-order valence-electron chi connectivity index (χ3n) is 10.2. The Balaban J connectivity index is 4.67. The third kappa shape index (κ3) is 38.2. The zero-order valence-corrected chi connectivity index (χ0v) is 36.0. The van der Waals surface area contributed by atoms with Crippen molar-refractivity contribution in [2.45, 2.75) is 232 Å². The number of rotatable bonds is 40. The number of nitrogens with one attached hydrogen (secondary N) is 1. The zero-order valence-electron chi connectivity index (χ0n) is 36.0. The molecule has 0 fully saturated rings. The second-order valence-corrected chi connectivity index (χ2v) is 15.5. The van der Waals surface area contributed by atoms with Crippen molar-refractivity contribution < 1.29 is 24.5 Å². The van der Waals surface area contributed by atoms with Gasteiger partial charge in [-0.2, -0.15) is 0 Å². The van der Waals surface area contributed by atoms with Gasteiger partial charge in [-0.1, -0.05) is 197 Å². The Hall–Kier alpha value is -2.44. The Bertz CT molecular complexity index is 999. The molecule has 0 aliphatic rings. The van der Waals surface area contributed by atoms with E-state index in [2.05, 4.69) is 68.6 Å². The first-order valence-electron chi connectivity index (χ1n) is 23.1. The van der Waals surface area contributed by atoms with Gasteiger partial charge in [-0.25, -0.2) is 0 Å². The van der Waals surface area contributed by atoms with Crippen molar-refractivity contribution in [2.75, 3.05) is 6.61 Å². The molecule has 0 aromatic rings. The molecule has 0 aromatic heterocycles. The van der Waals surface area contributed by atoms with Crippen molar-refractivity contribution in [3.05, 3.63) is 60.8 Å². The van der Waals surface area contributed by atoms with Crippen molar-refractivity contribution in [3.63, 3.8) is 0 Å². The van der Waals surface area contributed by atoms with Gasteiger partial charge >= 0.3 is 5.97 Å². The first-order valence-corrected chi connectivity index (χ1v) is 23.1. The van der Waals surface area contributed by atoms with Crippen LogP contribution in [0.15, 0.2) is 60.8 Å². The van der Waals surface area contributed by atoms with Crippen molar-refractivity contribution >= 4 is 11.9 Å². The van der Waals surface area contributed by atoms with Gasteiger partial charge in [0.25, 0.3) is 0 Å². The van der Waals surface area contributed by atoms with Crippen molar-refractivity contribution in [1.82, 2.24) is 5.32 Å². The maximum Gasteiger partial charge on any atom is 0.306 e. The maximum atomic E-state index is 13.1. The average Bonchev–Trinajstić information content (AvgIpc) is 3.18. The standard InChI is InChI=1S/C49H87NO5/c1-4-7-10-13-16-19-21-23-24-25-27-30-33-36-39-42-49(54)55-45(40-37-34-31-29-26-22-20-17-14-11-8-5-2)43-48(53)50-46(44-51)47(52)41-38-35-32-28-18-15-12-9-6-3/h7,10,13,16,19,21,23-24,29,31,45-47,51-52H,4-6,8-9,11-12,14-15,17-18,20,22,25-28,30,32-44H2,1-3H3,(H,50,53)/b10-7+,16-13+,21-19+,24-23-,31-29-. The summed E-state index contributed by atoms with van der Waals surface area (Å²) in [5.74, 6) is -0.534. The van der Waals surface area contributed by atoms with Crippen molar-refractivity contribution in [1.29, 1.82) is 0 Å². The predicted molar refractivity (Wildman–Crippen MR) is 236 cm³/mol. The second-order valence-electron chi connectivity index (χ2n) is 15.5. The molecule has 3 atom stereocenters. The number of hydrogen-bond acceptors (Lipinski definition) is 5. The lowest BCUT2D eigenvalue weighted by Gasteiger charge is -2.24. The van der Waals surface area contributed by atoms with Gasteiger partial charge in [-0.15, -0.1) is 0 Å². The molecule has 55 heavy (non-hydrogen) atoms. The zero-order chi connectivity index (χ0) is 40.3. The Morgan fingerprint density at radius 2 is 1.02 bits per heavy atom.